The van der Waals surface area contributed by atoms with Gasteiger partial charge in [0, 0.05) is 19.2 Å². The molecule has 2 heterocycles. The zero-order valence-corrected chi connectivity index (χ0v) is 15.3. The topological polar surface area (TPSA) is 167 Å². The molecule has 0 unspecified atom stereocenters. The predicted molar refractivity (Wildman–Crippen MR) is 99.8 cm³/mol. The Morgan fingerprint density at radius 1 is 1.04 bits per heavy atom. The molecule has 2 aliphatic rings. The summed E-state index contributed by atoms with van der Waals surface area (Å²) in [6.45, 7) is 0.249. The van der Waals surface area contributed by atoms with Crippen LogP contribution in [0.4, 0.5) is 11.5 Å². The minimum atomic E-state index is -0.640. The lowest BCUT2D eigenvalue weighted by Crippen LogP contribution is -2.28. The molecule has 1 aromatic rings. The molecule has 0 spiro atoms. The Labute approximate surface area is 160 Å². The van der Waals surface area contributed by atoms with E-state index in [9.17, 15) is 9.59 Å². The van der Waals surface area contributed by atoms with E-state index in [-0.39, 0.29) is 66.4 Å². The number of aliphatic hydroxyl groups excluding tert-OH is 2. The van der Waals surface area contributed by atoms with Crippen molar-refractivity contribution in [2.45, 2.75) is 25.9 Å². The Morgan fingerprint density at radius 2 is 1.68 bits per heavy atom. The first kappa shape index (κ1) is 19.7. The number of rotatable bonds is 7. The fraction of sp³-hybridized carbons (Fsp3) is 0.471. The maximum absolute atomic E-state index is 12.7. The monoisotopic (exact) mass is 393 g/mol. The largest absolute Gasteiger partial charge is 0.487 e. The van der Waals surface area contributed by atoms with Crippen LogP contribution >= 0.6 is 0 Å². The molecule has 0 saturated heterocycles. The third kappa shape index (κ3) is 3.53. The van der Waals surface area contributed by atoms with Crippen molar-refractivity contribution in [2.24, 2.45) is 10.7 Å². The van der Waals surface area contributed by atoms with Crippen LogP contribution < -0.4 is 17.0 Å². The van der Waals surface area contributed by atoms with Gasteiger partial charge in [-0.05, 0) is 12.8 Å². The second-order valence-electron chi connectivity index (χ2n) is 6.21. The normalized spacial score (nSPS) is 18.3. The van der Waals surface area contributed by atoms with Gasteiger partial charge in [0.1, 0.15) is 18.9 Å². The number of nitrogens with two attached hydrogens (primary N) is 2. The molecule has 11 nitrogen and oxygen atoms in total. The first-order valence-corrected chi connectivity index (χ1v) is 8.91. The number of carbonyl (C=O) groups excluding carboxylic acids is 1. The quantitative estimate of drug-likeness (QED) is 0.417. The van der Waals surface area contributed by atoms with E-state index in [2.05, 4.69) is 4.99 Å². The maximum atomic E-state index is 12.7. The van der Waals surface area contributed by atoms with Crippen molar-refractivity contribution in [2.75, 3.05) is 32.2 Å². The average Bonchev–Trinajstić information content (AvgIpc) is 2.94. The van der Waals surface area contributed by atoms with Crippen LogP contribution in [0.3, 0.4) is 0 Å². The van der Waals surface area contributed by atoms with Crippen LogP contribution in [0.5, 0.6) is 0 Å². The number of aromatic nitrogens is 2. The summed E-state index contributed by atoms with van der Waals surface area (Å²) < 4.78 is 13.7. The lowest BCUT2D eigenvalue weighted by atomic mass is 10.1. The molecule has 28 heavy (non-hydrogen) atoms. The smallest absolute Gasteiger partial charge is 0.294 e. The number of Topliss-reactive ketones (excluding diaryl/α,β-unsaturated/α-hetero) is 1. The highest BCUT2D eigenvalue weighted by atomic mass is 16.5. The van der Waals surface area contributed by atoms with Gasteiger partial charge in [0.25, 0.3) is 11.3 Å². The number of fused-ring (bicyclic) bond motifs is 1. The van der Waals surface area contributed by atoms with Gasteiger partial charge in [-0.3, -0.25) is 14.3 Å². The van der Waals surface area contributed by atoms with Gasteiger partial charge < -0.3 is 31.2 Å². The first-order chi connectivity index (χ1) is 13.5. The summed E-state index contributed by atoms with van der Waals surface area (Å²) in [6.07, 6.45) is 3.05. The molecule has 0 amide bonds. The van der Waals surface area contributed by atoms with E-state index in [1.165, 1.54) is 10.8 Å². The molecule has 0 saturated carbocycles. The molecule has 6 N–H and O–H groups in total. The molecule has 0 radical (unpaired) electrons. The van der Waals surface area contributed by atoms with Crippen LogP contribution in [0.2, 0.25) is 0 Å². The summed E-state index contributed by atoms with van der Waals surface area (Å²) >= 11 is 0. The fourth-order valence-electron chi connectivity index (χ4n) is 3.07. The Bertz CT molecular complexity index is 923. The first-order valence-electron chi connectivity index (χ1n) is 8.91. The second kappa shape index (κ2) is 8.31. The van der Waals surface area contributed by atoms with Gasteiger partial charge >= 0.3 is 0 Å². The summed E-state index contributed by atoms with van der Waals surface area (Å²) in [7, 11) is 0. The fourth-order valence-corrected chi connectivity index (χ4v) is 3.07. The molecule has 1 aliphatic heterocycles. The SMILES string of the molecule is NC1=C(OCCO)C(=O)C(OCCO)=CC1=Nc1c(N)n2n(c1=O)CCCC2. The average molecular weight is 393 g/mol. The number of nitrogen functional groups attached to an aromatic ring is 1. The number of allylic oxidation sites excluding steroid dienone is 1. The van der Waals surface area contributed by atoms with E-state index in [1.807, 2.05) is 0 Å². The van der Waals surface area contributed by atoms with Crippen molar-refractivity contribution in [3.05, 3.63) is 33.6 Å². The number of ketones is 1. The maximum Gasteiger partial charge on any atom is 0.294 e. The molecule has 152 valence electrons. The van der Waals surface area contributed by atoms with Crippen molar-refractivity contribution < 1.29 is 24.5 Å². The van der Waals surface area contributed by atoms with Gasteiger partial charge in [0.15, 0.2) is 23.0 Å². The molecule has 0 bridgehead atoms. The third-order valence-corrected chi connectivity index (χ3v) is 4.38. The molecule has 1 aliphatic carbocycles. The van der Waals surface area contributed by atoms with Crippen LogP contribution in [0.1, 0.15) is 12.8 Å². The lowest BCUT2D eigenvalue weighted by molar-refractivity contribution is -0.119. The van der Waals surface area contributed by atoms with Crippen LogP contribution in [0.25, 0.3) is 0 Å². The summed E-state index contributed by atoms with van der Waals surface area (Å²) in [5.74, 6) is -0.811. The predicted octanol–water partition coefficient (Wildman–Crippen LogP) is -1.25. The van der Waals surface area contributed by atoms with Crippen LogP contribution in [-0.4, -0.2) is 57.5 Å². The minimum absolute atomic E-state index is 0.0217. The second-order valence-corrected chi connectivity index (χ2v) is 6.21. The lowest BCUT2D eigenvalue weighted by Gasteiger charge is -2.19. The molecule has 0 fully saturated rings. The summed E-state index contributed by atoms with van der Waals surface area (Å²) in [4.78, 5) is 29.4. The zero-order valence-electron chi connectivity index (χ0n) is 15.3. The van der Waals surface area contributed by atoms with Crippen molar-refractivity contribution in [1.29, 1.82) is 0 Å². The van der Waals surface area contributed by atoms with Gasteiger partial charge in [-0.25, -0.2) is 9.67 Å². The van der Waals surface area contributed by atoms with Gasteiger partial charge in [-0.2, -0.15) is 0 Å². The highest BCUT2D eigenvalue weighted by molar-refractivity contribution is 6.23. The number of ether oxygens (including phenoxy) is 2. The van der Waals surface area contributed by atoms with Crippen molar-refractivity contribution in [3.63, 3.8) is 0 Å². The summed E-state index contributed by atoms with van der Waals surface area (Å²) in [6, 6.07) is 0. The van der Waals surface area contributed by atoms with Crippen LogP contribution in [0, 0.1) is 0 Å². The Kier molecular flexibility index (Phi) is 5.85. The highest BCUT2D eigenvalue weighted by Crippen LogP contribution is 2.25. The summed E-state index contributed by atoms with van der Waals surface area (Å²) in [5.41, 5.74) is 11.8. The van der Waals surface area contributed by atoms with Crippen LogP contribution in [-0.2, 0) is 27.4 Å². The van der Waals surface area contributed by atoms with Gasteiger partial charge in [-0.15, -0.1) is 0 Å². The number of nitrogens with zero attached hydrogens (tertiary/aromatic N) is 3. The van der Waals surface area contributed by atoms with Crippen molar-refractivity contribution >= 4 is 23.0 Å². The van der Waals surface area contributed by atoms with E-state index in [0.717, 1.165) is 12.8 Å². The van der Waals surface area contributed by atoms with E-state index in [4.69, 9.17) is 31.2 Å². The standard InChI is InChI=1S/C17H23N5O6/c18-12-10(9-11(27-7-5-23)14(25)15(12)28-8-6-24)20-13-16(19)21-3-1-2-4-22(21)17(13)26/h9,23-24H,1-8,18-19H2. The van der Waals surface area contributed by atoms with E-state index in [0.29, 0.717) is 13.1 Å². The number of aliphatic hydroxyl groups is 2. The molecule has 3 rings (SSSR count). The Morgan fingerprint density at radius 3 is 2.32 bits per heavy atom. The minimum Gasteiger partial charge on any atom is -0.487 e. The number of hydrogen-bond donors (Lipinski definition) is 4. The van der Waals surface area contributed by atoms with Crippen molar-refractivity contribution in [3.8, 4) is 0 Å². The molecular formula is C17H23N5O6. The molecular weight excluding hydrogens is 370 g/mol. The van der Waals surface area contributed by atoms with Gasteiger partial charge in [-0.1, -0.05) is 0 Å². The molecule has 1 aromatic heterocycles. The Hall–Kier alpha value is -3.05. The van der Waals surface area contributed by atoms with E-state index >= 15 is 0 Å². The van der Waals surface area contributed by atoms with E-state index in [1.54, 1.807) is 4.68 Å². The third-order valence-electron chi connectivity index (χ3n) is 4.38. The van der Waals surface area contributed by atoms with Gasteiger partial charge in [0.05, 0.1) is 18.9 Å². The van der Waals surface area contributed by atoms with E-state index < -0.39 is 5.78 Å². The molecule has 11 heteroatoms. The molecule has 0 atom stereocenters. The summed E-state index contributed by atoms with van der Waals surface area (Å²) in [5, 5.41) is 17.9. The molecule has 0 aromatic carbocycles. The van der Waals surface area contributed by atoms with Crippen LogP contribution in [0.15, 0.2) is 33.1 Å². The van der Waals surface area contributed by atoms with Gasteiger partial charge in [0.2, 0.25) is 0 Å². The number of carbonyl (C=O) groups is 1. The number of aliphatic imine (C=N–C) groups is 1. The highest BCUT2D eigenvalue weighted by Gasteiger charge is 2.30. The Balaban J connectivity index is 2.08. The zero-order chi connectivity index (χ0) is 20.3. The number of anilines is 1. The number of hydrogen-bond acceptors (Lipinski definition) is 9. The van der Waals surface area contributed by atoms with Crippen molar-refractivity contribution in [1.82, 2.24) is 9.36 Å².